The minimum atomic E-state index is 0.280. The molecule has 0 amide bonds. The van der Waals surface area contributed by atoms with Gasteiger partial charge in [-0.2, -0.15) is 5.26 Å². The third-order valence-corrected chi connectivity index (χ3v) is 7.31. The van der Waals surface area contributed by atoms with Crippen molar-refractivity contribution in [1.29, 1.82) is 5.26 Å². The Balaban J connectivity index is 1.43. The Hall–Kier alpha value is -1.39. The van der Waals surface area contributed by atoms with E-state index in [1.54, 1.807) is 0 Å². The zero-order valence-corrected chi connectivity index (χ0v) is 17.4. The molecule has 3 heterocycles. The maximum absolute atomic E-state index is 9.22. The number of aryl methyl sites for hydroxylation is 1. The number of ether oxygens (including phenoxy) is 2. The summed E-state index contributed by atoms with van der Waals surface area (Å²) in [5, 5.41) is 9.22. The van der Waals surface area contributed by atoms with Crippen molar-refractivity contribution in [3.63, 3.8) is 0 Å². The van der Waals surface area contributed by atoms with Gasteiger partial charge >= 0.3 is 0 Å². The summed E-state index contributed by atoms with van der Waals surface area (Å²) in [6.45, 7) is 8.01. The Morgan fingerprint density at radius 2 is 2.11 bits per heavy atom. The monoisotopic (exact) mass is 386 g/mol. The minimum absolute atomic E-state index is 0.280. The Morgan fingerprint density at radius 3 is 2.82 bits per heavy atom. The Bertz CT molecular complexity index is 706. The molecule has 0 aromatic carbocycles. The molecule has 2 aliphatic heterocycles. The first-order chi connectivity index (χ1) is 13.6. The van der Waals surface area contributed by atoms with Gasteiger partial charge < -0.3 is 14.0 Å². The van der Waals surface area contributed by atoms with Crippen LogP contribution in [0.15, 0.2) is 12.3 Å². The number of piperidine rings is 1. The van der Waals surface area contributed by atoms with Gasteiger partial charge in [-0.25, -0.2) is 0 Å². The summed E-state index contributed by atoms with van der Waals surface area (Å²) in [4.78, 5) is 5.25. The summed E-state index contributed by atoms with van der Waals surface area (Å²) in [5.74, 6) is 0.746. The summed E-state index contributed by atoms with van der Waals surface area (Å²) in [6.07, 6.45) is 7.19. The van der Waals surface area contributed by atoms with Crippen LogP contribution in [0.5, 0.6) is 0 Å². The number of hydrogen-bond donors (Lipinski definition) is 0. The number of aromatic nitrogens is 1. The number of likely N-dealkylation sites (tertiary alicyclic amines) is 1. The van der Waals surface area contributed by atoms with E-state index in [4.69, 9.17) is 9.47 Å². The van der Waals surface area contributed by atoms with Crippen molar-refractivity contribution >= 4 is 0 Å². The van der Waals surface area contributed by atoms with Gasteiger partial charge in [0.15, 0.2) is 0 Å². The van der Waals surface area contributed by atoms with Crippen molar-refractivity contribution in [3.05, 3.63) is 23.5 Å². The lowest BCUT2D eigenvalue weighted by Crippen LogP contribution is -2.56. The minimum Gasteiger partial charge on any atom is -0.384 e. The van der Waals surface area contributed by atoms with Gasteiger partial charge in [-0.15, -0.1) is 0 Å². The fraction of sp³-hybridized carbons (Fsp3) is 0.773. The molecule has 1 aromatic heterocycles. The second kappa shape index (κ2) is 8.54. The number of nitriles is 1. The molecular formula is C22H34N4O2. The number of rotatable bonds is 5. The molecule has 1 aromatic rings. The first-order valence-corrected chi connectivity index (χ1v) is 10.7. The van der Waals surface area contributed by atoms with E-state index in [2.05, 4.69) is 22.1 Å². The van der Waals surface area contributed by atoms with Crippen molar-refractivity contribution < 1.29 is 9.47 Å². The standard InChI is InChI=1S/C22H34N4O2/c1-24-14-18(11-21(24)13-23)15-25-6-4-19-12-20(26-7-9-28-10-8-26)3-5-22(19,16-25)17-27-2/h11,14,19-20H,3-10,12,15-17H2,1-2H3/t19-,20-,22+/m1/s1. The molecule has 2 saturated heterocycles. The van der Waals surface area contributed by atoms with Crippen molar-refractivity contribution in [2.45, 2.75) is 38.3 Å². The smallest absolute Gasteiger partial charge is 0.120 e. The lowest BCUT2D eigenvalue weighted by atomic mass is 9.62. The highest BCUT2D eigenvalue weighted by Gasteiger charge is 2.47. The molecule has 6 nitrogen and oxygen atoms in total. The van der Waals surface area contributed by atoms with Crippen LogP contribution in [0.1, 0.15) is 36.9 Å². The third-order valence-electron chi connectivity index (χ3n) is 7.31. The first kappa shape index (κ1) is 19.9. The fourth-order valence-corrected chi connectivity index (χ4v) is 5.87. The van der Waals surface area contributed by atoms with E-state index in [-0.39, 0.29) is 5.41 Å². The van der Waals surface area contributed by atoms with Crippen LogP contribution in [-0.4, -0.2) is 73.5 Å². The third kappa shape index (κ3) is 3.99. The molecule has 0 unspecified atom stereocenters. The average Bonchev–Trinajstić information content (AvgIpc) is 3.07. The van der Waals surface area contributed by atoms with Crippen molar-refractivity contribution in [2.75, 3.05) is 53.1 Å². The lowest BCUT2D eigenvalue weighted by molar-refractivity contribution is -0.0870. The topological polar surface area (TPSA) is 53.7 Å². The van der Waals surface area contributed by atoms with Crippen LogP contribution in [0.4, 0.5) is 0 Å². The van der Waals surface area contributed by atoms with Gasteiger partial charge in [0.05, 0.1) is 19.8 Å². The molecule has 1 aliphatic carbocycles. The van der Waals surface area contributed by atoms with Crippen molar-refractivity contribution in [2.24, 2.45) is 18.4 Å². The highest BCUT2D eigenvalue weighted by atomic mass is 16.5. The quantitative estimate of drug-likeness (QED) is 0.777. The van der Waals surface area contributed by atoms with Gasteiger partial charge in [-0.05, 0) is 49.8 Å². The molecule has 0 N–H and O–H groups in total. The molecule has 3 fully saturated rings. The molecule has 6 heteroatoms. The van der Waals surface area contributed by atoms with E-state index in [1.807, 2.05) is 24.8 Å². The zero-order chi connectivity index (χ0) is 19.6. The number of nitrogens with zero attached hydrogens (tertiary/aromatic N) is 4. The molecule has 0 spiro atoms. The Morgan fingerprint density at radius 1 is 1.29 bits per heavy atom. The van der Waals surface area contributed by atoms with E-state index in [1.165, 1.54) is 31.2 Å². The molecule has 0 bridgehead atoms. The largest absolute Gasteiger partial charge is 0.384 e. The Labute approximate surface area is 169 Å². The van der Waals surface area contributed by atoms with Crippen LogP contribution in [0.2, 0.25) is 0 Å². The number of morpholine rings is 1. The Kier molecular flexibility index (Phi) is 6.07. The fourth-order valence-electron chi connectivity index (χ4n) is 5.87. The van der Waals surface area contributed by atoms with Crippen LogP contribution < -0.4 is 0 Å². The van der Waals surface area contributed by atoms with E-state index in [9.17, 15) is 5.26 Å². The number of fused-ring (bicyclic) bond motifs is 1. The average molecular weight is 387 g/mol. The molecule has 3 aliphatic rings. The predicted octanol–water partition coefficient (Wildman–Crippen LogP) is 2.24. The summed E-state index contributed by atoms with van der Waals surface area (Å²) < 4.78 is 13.2. The lowest BCUT2D eigenvalue weighted by Gasteiger charge is -2.54. The van der Waals surface area contributed by atoms with Crippen LogP contribution in [0.25, 0.3) is 0 Å². The van der Waals surface area contributed by atoms with Crippen LogP contribution in [0.3, 0.4) is 0 Å². The normalized spacial score (nSPS) is 32.0. The van der Waals surface area contributed by atoms with Gasteiger partial charge in [-0.3, -0.25) is 9.80 Å². The van der Waals surface area contributed by atoms with Gasteiger partial charge in [-0.1, -0.05) is 0 Å². The molecule has 4 rings (SSSR count). The second-order valence-electron chi connectivity index (χ2n) is 9.02. The van der Waals surface area contributed by atoms with Crippen molar-refractivity contribution in [1.82, 2.24) is 14.4 Å². The van der Waals surface area contributed by atoms with E-state index in [0.29, 0.717) is 0 Å². The SMILES string of the molecule is COC[C@@]12CC[C@@H](N3CCOCC3)C[C@H]1CCN(Cc1cc(C#N)n(C)c1)C2. The summed E-state index contributed by atoms with van der Waals surface area (Å²) >= 11 is 0. The summed E-state index contributed by atoms with van der Waals surface area (Å²) in [6, 6.07) is 5.03. The van der Waals surface area contributed by atoms with Gasteiger partial charge in [0, 0.05) is 58.0 Å². The van der Waals surface area contributed by atoms with Gasteiger partial charge in [0.2, 0.25) is 0 Å². The molecule has 3 atom stereocenters. The van der Waals surface area contributed by atoms with Crippen LogP contribution in [-0.2, 0) is 23.1 Å². The van der Waals surface area contributed by atoms with Gasteiger partial charge in [0.25, 0.3) is 0 Å². The van der Waals surface area contributed by atoms with Crippen molar-refractivity contribution in [3.8, 4) is 6.07 Å². The highest BCUT2D eigenvalue weighted by molar-refractivity contribution is 5.28. The maximum atomic E-state index is 9.22. The summed E-state index contributed by atoms with van der Waals surface area (Å²) in [5.41, 5.74) is 2.26. The molecular weight excluding hydrogens is 352 g/mol. The first-order valence-electron chi connectivity index (χ1n) is 10.7. The molecule has 154 valence electrons. The van der Waals surface area contributed by atoms with E-state index in [0.717, 1.165) is 70.2 Å². The second-order valence-corrected chi connectivity index (χ2v) is 9.02. The van der Waals surface area contributed by atoms with E-state index < -0.39 is 0 Å². The van der Waals surface area contributed by atoms with Crippen LogP contribution in [0, 0.1) is 22.7 Å². The molecule has 28 heavy (non-hydrogen) atoms. The number of hydrogen-bond acceptors (Lipinski definition) is 5. The zero-order valence-electron chi connectivity index (χ0n) is 17.4. The van der Waals surface area contributed by atoms with Crippen LogP contribution >= 0.6 is 0 Å². The maximum Gasteiger partial charge on any atom is 0.120 e. The van der Waals surface area contributed by atoms with Gasteiger partial charge in [0.1, 0.15) is 11.8 Å². The summed E-state index contributed by atoms with van der Waals surface area (Å²) in [7, 11) is 3.81. The number of methoxy groups -OCH3 is 1. The van der Waals surface area contributed by atoms with E-state index >= 15 is 0 Å². The highest BCUT2D eigenvalue weighted by Crippen LogP contribution is 2.48. The molecule has 0 radical (unpaired) electrons. The molecule has 1 saturated carbocycles. The predicted molar refractivity (Wildman–Crippen MR) is 108 cm³/mol.